The maximum absolute atomic E-state index is 12.6. The molecule has 0 bridgehead atoms. The zero-order chi connectivity index (χ0) is 17.9. The number of likely N-dealkylation sites (N-methyl/N-ethyl adjacent to an activating group) is 1. The van der Waals surface area contributed by atoms with Crippen LogP contribution in [0, 0.1) is 6.92 Å². The first-order valence-corrected chi connectivity index (χ1v) is 10.3. The number of aryl methyl sites for hydroxylation is 1. The van der Waals surface area contributed by atoms with Crippen molar-refractivity contribution < 1.29 is 12.9 Å². The van der Waals surface area contributed by atoms with E-state index < -0.39 is 10.0 Å². The van der Waals surface area contributed by atoms with Crippen molar-refractivity contribution in [2.45, 2.75) is 56.3 Å². The SMILES string of the molecule is Cc1ccc(S(=O)(=O)N(C)CCc2noc(C3CCCCC3)n2)cc1. The molecule has 1 heterocycles. The summed E-state index contributed by atoms with van der Waals surface area (Å²) in [6.07, 6.45) is 6.34. The lowest BCUT2D eigenvalue weighted by Gasteiger charge is -2.17. The molecule has 0 radical (unpaired) electrons. The van der Waals surface area contributed by atoms with E-state index in [-0.39, 0.29) is 0 Å². The molecule has 1 saturated carbocycles. The van der Waals surface area contributed by atoms with Crippen LogP contribution in [0.5, 0.6) is 0 Å². The molecule has 0 saturated heterocycles. The summed E-state index contributed by atoms with van der Waals surface area (Å²) in [7, 11) is -1.91. The molecule has 0 atom stereocenters. The van der Waals surface area contributed by atoms with E-state index in [1.807, 2.05) is 6.92 Å². The maximum atomic E-state index is 12.6. The van der Waals surface area contributed by atoms with Crippen LogP contribution in [0.3, 0.4) is 0 Å². The summed E-state index contributed by atoms with van der Waals surface area (Å²) in [4.78, 5) is 4.78. The number of benzene rings is 1. The monoisotopic (exact) mass is 363 g/mol. The highest BCUT2D eigenvalue weighted by atomic mass is 32.2. The Bertz CT molecular complexity index is 793. The molecule has 0 unspecified atom stereocenters. The highest BCUT2D eigenvalue weighted by molar-refractivity contribution is 7.89. The Hall–Kier alpha value is -1.73. The summed E-state index contributed by atoms with van der Waals surface area (Å²) in [5.74, 6) is 1.65. The Kier molecular flexibility index (Phi) is 5.54. The van der Waals surface area contributed by atoms with Crippen LogP contribution >= 0.6 is 0 Å². The molecule has 1 aromatic heterocycles. The zero-order valence-corrected chi connectivity index (χ0v) is 15.6. The molecule has 0 N–H and O–H groups in total. The third-order valence-electron chi connectivity index (χ3n) is 4.82. The normalized spacial score (nSPS) is 16.4. The minimum absolute atomic E-state index is 0.302. The van der Waals surface area contributed by atoms with Crippen LogP contribution in [-0.4, -0.2) is 36.5 Å². The minimum atomic E-state index is -3.49. The van der Waals surface area contributed by atoms with Crippen LogP contribution < -0.4 is 0 Å². The molecule has 6 nitrogen and oxygen atoms in total. The Morgan fingerprint density at radius 1 is 1.16 bits per heavy atom. The van der Waals surface area contributed by atoms with Gasteiger partial charge in [0.1, 0.15) is 0 Å². The highest BCUT2D eigenvalue weighted by Gasteiger charge is 2.23. The zero-order valence-electron chi connectivity index (χ0n) is 14.8. The topological polar surface area (TPSA) is 76.3 Å². The fraction of sp³-hybridized carbons (Fsp3) is 0.556. The molecule has 1 aliphatic carbocycles. The largest absolute Gasteiger partial charge is 0.339 e. The smallest absolute Gasteiger partial charge is 0.242 e. The molecule has 1 fully saturated rings. The van der Waals surface area contributed by atoms with Gasteiger partial charge in [0, 0.05) is 25.9 Å². The van der Waals surface area contributed by atoms with Crippen molar-refractivity contribution in [3.63, 3.8) is 0 Å². The van der Waals surface area contributed by atoms with Crippen LogP contribution in [0.1, 0.15) is 55.3 Å². The van der Waals surface area contributed by atoms with E-state index in [9.17, 15) is 8.42 Å². The first kappa shape index (κ1) is 18.1. The van der Waals surface area contributed by atoms with Crippen LogP contribution in [0.15, 0.2) is 33.7 Å². The Labute approximate surface area is 149 Å². The molecule has 1 aromatic carbocycles. The number of sulfonamides is 1. The molecular formula is C18H25N3O3S. The Morgan fingerprint density at radius 2 is 1.84 bits per heavy atom. The summed E-state index contributed by atoms with van der Waals surface area (Å²) < 4.78 is 31.9. The lowest BCUT2D eigenvalue weighted by atomic mass is 9.89. The van der Waals surface area contributed by atoms with Crippen molar-refractivity contribution in [2.24, 2.45) is 0 Å². The molecule has 0 aliphatic heterocycles. The quantitative estimate of drug-likeness (QED) is 0.787. The Morgan fingerprint density at radius 3 is 2.52 bits per heavy atom. The van der Waals surface area contributed by atoms with Gasteiger partial charge < -0.3 is 4.52 Å². The van der Waals surface area contributed by atoms with Gasteiger partial charge in [-0.1, -0.05) is 42.1 Å². The molecule has 136 valence electrons. The van der Waals surface area contributed by atoms with Crippen LogP contribution in [0.25, 0.3) is 0 Å². The second-order valence-electron chi connectivity index (χ2n) is 6.77. The first-order chi connectivity index (χ1) is 12.0. The fourth-order valence-electron chi connectivity index (χ4n) is 3.15. The first-order valence-electron chi connectivity index (χ1n) is 8.82. The van der Waals surface area contributed by atoms with Crippen molar-refractivity contribution in [1.82, 2.24) is 14.4 Å². The lowest BCUT2D eigenvalue weighted by molar-refractivity contribution is 0.311. The van der Waals surface area contributed by atoms with E-state index in [2.05, 4.69) is 10.1 Å². The van der Waals surface area contributed by atoms with Crippen molar-refractivity contribution in [3.05, 3.63) is 41.5 Å². The van der Waals surface area contributed by atoms with Crippen molar-refractivity contribution in [2.75, 3.05) is 13.6 Å². The predicted octanol–water partition coefficient (Wildman–Crippen LogP) is 3.29. The molecule has 0 amide bonds. The fourth-order valence-corrected chi connectivity index (χ4v) is 4.32. The van der Waals surface area contributed by atoms with Gasteiger partial charge >= 0.3 is 0 Å². The summed E-state index contributed by atoms with van der Waals surface area (Å²) >= 11 is 0. The summed E-state index contributed by atoms with van der Waals surface area (Å²) in [6, 6.07) is 6.88. The molecule has 3 rings (SSSR count). The van der Waals surface area contributed by atoms with E-state index in [0.717, 1.165) is 18.4 Å². The number of aromatic nitrogens is 2. The third-order valence-corrected chi connectivity index (χ3v) is 6.69. The summed E-state index contributed by atoms with van der Waals surface area (Å²) in [6.45, 7) is 2.25. The van der Waals surface area contributed by atoms with Crippen LogP contribution in [-0.2, 0) is 16.4 Å². The summed E-state index contributed by atoms with van der Waals surface area (Å²) in [5.41, 5.74) is 1.03. The molecule has 7 heteroatoms. The van der Waals surface area contributed by atoms with E-state index in [1.54, 1.807) is 31.3 Å². The lowest BCUT2D eigenvalue weighted by Crippen LogP contribution is -2.29. The Balaban J connectivity index is 1.61. The van der Waals surface area contributed by atoms with Gasteiger partial charge in [-0.2, -0.15) is 4.98 Å². The highest BCUT2D eigenvalue weighted by Crippen LogP contribution is 2.31. The molecule has 1 aliphatic rings. The van der Waals surface area contributed by atoms with Gasteiger partial charge in [-0.25, -0.2) is 12.7 Å². The minimum Gasteiger partial charge on any atom is -0.339 e. The molecule has 25 heavy (non-hydrogen) atoms. The second-order valence-corrected chi connectivity index (χ2v) is 8.82. The van der Waals surface area contributed by atoms with E-state index in [0.29, 0.717) is 35.5 Å². The summed E-state index contributed by atoms with van der Waals surface area (Å²) in [5, 5.41) is 4.02. The number of hydrogen-bond acceptors (Lipinski definition) is 5. The van der Waals surface area contributed by atoms with Gasteiger partial charge in [0.25, 0.3) is 0 Å². The van der Waals surface area contributed by atoms with Gasteiger partial charge in [0.2, 0.25) is 15.9 Å². The molecule has 0 spiro atoms. The number of nitrogens with zero attached hydrogens (tertiary/aromatic N) is 3. The standard InChI is InChI=1S/C18H25N3O3S/c1-14-8-10-16(11-9-14)25(22,23)21(2)13-12-17-19-18(24-20-17)15-6-4-3-5-7-15/h8-11,15H,3-7,12-13H2,1-2H3. The predicted molar refractivity (Wildman–Crippen MR) is 94.8 cm³/mol. The molecular weight excluding hydrogens is 338 g/mol. The average Bonchev–Trinajstić information content (AvgIpc) is 3.10. The van der Waals surface area contributed by atoms with Gasteiger partial charge in [-0.3, -0.25) is 0 Å². The van der Waals surface area contributed by atoms with E-state index >= 15 is 0 Å². The van der Waals surface area contributed by atoms with Gasteiger partial charge in [-0.15, -0.1) is 0 Å². The van der Waals surface area contributed by atoms with Crippen LogP contribution in [0.4, 0.5) is 0 Å². The van der Waals surface area contributed by atoms with Crippen molar-refractivity contribution in [3.8, 4) is 0 Å². The average molecular weight is 363 g/mol. The number of hydrogen-bond donors (Lipinski definition) is 0. The van der Waals surface area contributed by atoms with Crippen molar-refractivity contribution in [1.29, 1.82) is 0 Å². The maximum Gasteiger partial charge on any atom is 0.242 e. The van der Waals surface area contributed by atoms with E-state index in [4.69, 9.17) is 4.52 Å². The van der Waals surface area contributed by atoms with Gasteiger partial charge in [0.05, 0.1) is 4.90 Å². The van der Waals surface area contributed by atoms with E-state index in [1.165, 1.54) is 23.6 Å². The third kappa shape index (κ3) is 4.27. The van der Waals surface area contributed by atoms with Crippen LogP contribution in [0.2, 0.25) is 0 Å². The van der Waals surface area contributed by atoms with Gasteiger partial charge in [0.15, 0.2) is 5.82 Å². The second kappa shape index (κ2) is 7.66. The molecule has 2 aromatic rings. The van der Waals surface area contributed by atoms with Gasteiger partial charge in [-0.05, 0) is 31.9 Å². The van der Waals surface area contributed by atoms with Crippen molar-refractivity contribution >= 4 is 10.0 Å². The number of rotatable bonds is 6.